The highest BCUT2D eigenvalue weighted by molar-refractivity contribution is 8.00. The minimum absolute atomic E-state index is 0.391. The van der Waals surface area contributed by atoms with Gasteiger partial charge in [-0.05, 0) is 31.9 Å². The number of aliphatic hydroxyl groups is 1. The van der Waals surface area contributed by atoms with E-state index >= 15 is 0 Å². The van der Waals surface area contributed by atoms with Gasteiger partial charge in [-0.15, -0.1) is 0 Å². The molecule has 2 N–H and O–H groups in total. The van der Waals surface area contributed by atoms with Crippen LogP contribution in [0.1, 0.15) is 51.4 Å². The van der Waals surface area contributed by atoms with Crippen LogP contribution < -0.4 is 5.32 Å². The van der Waals surface area contributed by atoms with Gasteiger partial charge in [-0.3, -0.25) is 0 Å². The van der Waals surface area contributed by atoms with Crippen LogP contribution in [-0.2, 0) is 0 Å². The molecule has 0 saturated heterocycles. The van der Waals surface area contributed by atoms with Crippen molar-refractivity contribution in [1.82, 2.24) is 5.32 Å². The quantitative estimate of drug-likeness (QED) is 0.778. The van der Waals surface area contributed by atoms with Gasteiger partial charge in [0.15, 0.2) is 0 Å². The third kappa shape index (κ3) is 2.93. The monoisotopic (exact) mass is 243 g/mol. The van der Waals surface area contributed by atoms with Gasteiger partial charge in [0, 0.05) is 17.8 Å². The molecule has 0 aromatic rings. The predicted octanol–water partition coefficient (Wildman–Crippen LogP) is 2.56. The van der Waals surface area contributed by atoms with Gasteiger partial charge < -0.3 is 10.4 Å². The number of thioether (sulfide) groups is 1. The number of rotatable bonds is 5. The highest BCUT2D eigenvalue weighted by Crippen LogP contribution is 2.39. The van der Waals surface area contributed by atoms with Crippen LogP contribution in [0.15, 0.2) is 0 Å². The van der Waals surface area contributed by atoms with E-state index in [1.807, 2.05) is 11.8 Å². The summed E-state index contributed by atoms with van der Waals surface area (Å²) in [5.74, 6) is 0. The second-order valence-electron chi connectivity index (χ2n) is 5.63. The van der Waals surface area contributed by atoms with Crippen LogP contribution in [0.5, 0.6) is 0 Å². The molecule has 0 spiro atoms. The van der Waals surface area contributed by atoms with Crippen LogP contribution in [0, 0.1) is 0 Å². The van der Waals surface area contributed by atoms with Gasteiger partial charge in [0.25, 0.3) is 0 Å². The largest absolute Gasteiger partial charge is 0.389 e. The van der Waals surface area contributed by atoms with Crippen molar-refractivity contribution in [2.75, 3.05) is 19.3 Å². The van der Waals surface area contributed by atoms with Crippen LogP contribution in [-0.4, -0.2) is 34.8 Å². The Morgan fingerprint density at radius 3 is 2.12 bits per heavy atom. The fourth-order valence-corrected chi connectivity index (χ4v) is 4.15. The Hall–Kier alpha value is 0.270. The van der Waals surface area contributed by atoms with E-state index in [9.17, 15) is 5.11 Å². The first-order chi connectivity index (χ1) is 7.68. The van der Waals surface area contributed by atoms with Gasteiger partial charge in [0.2, 0.25) is 0 Å². The molecular formula is C13H25NOS. The Morgan fingerprint density at radius 2 is 1.56 bits per heavy atom. The first-order valence-electron chi connectivity index (χ1n) is 6.66. The molecule has 2 aliphatic rings. The van der Waals surface area contributed by atoms with Crippen LogP contribution >= 0.6 is 11.8 Å². The summed E-state index contributed by atoms with van der Waals surface area (Å²) in [5, 5.41) is 13.8. The van der Waals surface area contributed by atoms with E-state index in [0.29, 0.717) is 4.75 Å². The van der Waals surface area contributed by atoms with Gasteiger partial charge in [-0.25, -0.2) is 0 Å². The van der Waals surface area contributed by atoms with E-state index in [1.54, 1.807) is 0 Å². The van der Waals surface area contributed by atoms with Gasteiger partial charge in [0.1, 0.15) is 0 Å². The molecule has 16 heavy (non-hydrogen) atoms. The molecule has 0 atom stereocenters. The molecule has 94 valence electrons. The summed E-state index contributed by atoms with van der Waals surface area (Å²) in [6.07, 6.45) is 12.1. The van der Waals surface area contributed by atoms with Crippen LogP contribution in [0.3, 0.4) is 0 Å². The lowest BCUT2D eigenvalue weighted by Gasteiger charge is -2.30. The van der Waals surface area contributed by atoms with Crippen molar-refractivity contribution < 1.29 is 5.11 Å². The van der Waals surface area contributed by atoms with E-state index in [4.69, 9.17) is 0 Å². The van der Waals surface area contributed by atoms with Crippen molar-refractivity contribution >= 4 is 11.8 Å². The zero-order chi connectivity index (χ0) is 11.5. The normalized spacial score (nSPS) is 27.4. The molecule has 2 rings (SSSR count). The first-order valence-corrected chi connectivity index (χ1v) is 7.89. The number of hydrogen-bond donors (Lipinski definition) is 2. The molecule has 2 fully saturated rings. The molecule has 0 unspecified atom stereocenters. The van der Waals surface area contributed by atoms with Crippen molar-refractivity contribution in [2.24, 2.45) is 0 Å². The van der Waals surface area contributed by atoms with E-state index < -0.39 is 5.60 Å². The lowest BCUT2D eigenvalue weighted by atomic mass is 10.0. The van der Waals surface area contributed by atoms with Crippen molar-refractivity contribution in [1.29, 1.82) is 0 Å². The summed E-state index contributed by atoms with van der Waals surface area (Å²) in [4.78, 5) is 0. The molecule has 2 nitrogen and oxygen atoms in total. The summed E-state index contributed by atoms with van der Waals surface area (Å²) in [6, 6.07) is 0. The second-order valence-corrected chi connectivity index (χ2v) is 6.90. The minimum Gasteiger partial charge on any atom is -0.389 e. The third-order valence-corrected chi connectivity index (χ3v) is 5.80. The maximum Gasteiger partial charge on any atom is 0.0771 e. The lowest BCUT2D eigenvalue weighted by Crippen LogP contribution is -2.43. The van der Waals surface area contributed by atoms with E-state index in [-0.39, 0.29) is 0 Å². The fourth-order valence-electron chi connectivity index (χ4n) is 3.21. The van der Waals surface area contributed by atoms with Gasteiger partial charge >= 0.3 is 0 Å². The summed E-state index contributed by atoms with van der Waals surface area (Å²) in [6.45, 7) is 1.88. The highest BCUT2D eigenvalue weighted by atomic mass is 32.2. The Kier molecular flexibility index (Phi) is 4.20. The standard InChI is InChI=1S/C13H25NOS/c1-16-13(8-4-5-9-13)11-14-10-12(15)6-2-3-7-12/h14-15H,2-11H2,1H3. The zero-order valence-corrected chi connectivity index (χ0v) is 11.2. The van der Waals surface area contributed by atoms with E-state index in [1.165, 1.54) is 38.5 Å². The van der Waals surface area contributed by atoms with Crippen molar-refractivity contribution in [3.8, 4) is 0 Å². The predicted molar refractivity (Wildman–Crippen MR) is 71.0 cm³/mol. The average molecular weight is 243 g/mol. The third-order valence-electron chi connectivity index (χ3n) is 4.38. The van der Waals surface area contributed by atoms with E-state index in [2.05, 4.69) is 11.6 Å². The molecule has 0 aromatic carbocycles. The maximum absolute atomic E-state index is 10.3. The van der Waals surface area contributed by atoms with Gasteiger partial charge in [0.05, 0.1) is 5.60 Å². The maximum atomic E-state index is 10.3. The number of nitrogens with one attached hydrogen (secondary N) is 1. The highest BCUT2D eigenvalue weighted by Gasteiger charge is 2.35. The molecule has 3 heteroatoms. The smallest absolute Gasteiger partial charge is 0.0771 e. The Balaban J connectivity index is 1.74. The van der Waals surface area contributed by atoms with E-state index in [0.717, 1.165) is 25.9 Å². The van der Waals surface area contributed by atoms with Crippen LogP contribution in [0.4, 0.5) is 0 Å². The summed E-state index contributed by atoms with van der Waals surface area (Å²) in [7, 11) is 0. The minimum atomic E-state index is -0.391. The molecule has 2 aliphatic carbocycles. The van der Waals surface area contributed by atoms with Gasteiger partial charge in [-0.1, -0.05) is 25.7 Å². The van der Waals surface area contributed by atoms with Crippen LogP contribution in [0.2, 0.25) is 0 Å². The first kappa shape index (κ1) is 12.7. The van der Waals surface area contributed by atoms with Crippen LogP contribution in [0.25, 0.3) is 0 Å². The van der Waals surface area contributed by atoms with Crippen molar-refractivity contribution in [3.05, 3.63) is 0 Å². The molecule has 0 radical (unpaired) electrons. The Labute approximate surface area is 104 Å². The second kappa shape index (κ2) is 5.28. The summed E-state index contributed by atoms with van der Waals surface area (Å²) >= 11 is 2.02. The molecule has 0 aromatic heterocycles. The molecule has 0 bridgehead atoms. The molecule has 0 amide bonds. The zero-order valence-electron chi connectivity index (χ0n) is 10.4. The summed E-state index contributed by atoms with van der Waals surface area (Å²) in [5.41, 5.74) is -0.391. The Morgan fingerprint density at radius 1 is 1.00 bits per heavy atom. The Bertz CT molecular complexity index is 220. The number of hydrogen-bond acceptors (Lipinski definition) is 3. The van der Waals surface area contributed by atoms with Crippen molar-refractivity contribution in [2.45, 2.75) is 61.7 Å². The molecule has 2 saturated carbocycles. The topological polar surface area (TPSA) is 32.3 Å². The average Bonchev–Trinajstić information content (AvgIpc) is 2.89. The molecule has 0 heterocycles. The molecule has 0 aliphatic heterocycles. The van der Waals surface area contributed by atoms with Gasteiger partial charge in [-0.2, -0.15) is 11.8 Å². The summed E-state index contributed by atoms with van der Waals surface area (Å²) < 4.78 is 0.467. The fraction of sp³-hybridized carbons (Fsp3) is 1.00. The SMILES string of the molecule is CSC1(CNCC2(O)CCCC2)CCCC1. The molecular weight excluding hydrogens is 218 g/mol. The van der Waals surface area contributed by atoms with Crippen molar-refractivity contribution in [3.63, 3.8) is 0 Å². The lowest BCUT2D eigenvalue weighted by molar-refractivity contribution is 0.0474.